The van der Waals surface area contributed by atoms with Crippen molar-refractivity contribution >= 4 is 11.3 Å². The van der Waals surface area contributed by atoms with Crippen molar-refractivity contribution in [2.75, 3.05) is 13.6 Å². The van der Waals surface area contributed by atoms with Crippen LogP contribution in [0.3, 0.4) is 0 Å². The van der Waals surface area contributed by atoms with Crippen molar-refractivity contribution < 1.29 is 0 Å². The zero-order valence-electron chi connectivity index (χ0n) is 10.1. The molecule has 0 spiro atoms. The highest BCUT2D eigenvalue weighted by Gasteiger charge is 2.03. The lowest BCUT2D eigenvalue weighted by Gasteiger charge is -1.97. The Bertz CT molecular complexity index is 436. The summed E-state index contributed by atoms with van der Waals surface area (Å²) in [7, 11) is 2.00. The molecule has 17 heavy (non-hydrogen) atoms. The van der Waals surface area contributed by atoms with Gasteiger partial charge in [0, 0.05) is 10.9 Å². The number of aromatic nitrogens is 1. The van der Waals surface area contributed by atoms with Crippen molar-refractivity contribution in [2.45, 2.75) is 19.3 Å². The van der Waals surface area contributed by atoms with Crippen molar-refractivity contribution in [2.24, 2.45) is 0 Å². The molecule has 1 aromatic heterocycles. The standard InChI is InChI=1S/C14H18N2S/c1-15-10-6-5-9-14-16-13(11-17-14)12-7-3-2-4-8-12/h2-4,7-8,11,15H,5-6,9-10H2,1H3. The third kappa shape index (κ3) is 3.65. The summed E-state index contributed by atoms with van der Waals surface area (Å²) in [5, 5.41) is 6.57. The van der Waals surface area contributed by atoms with E-state index in [1.165, 1.54) is 23.4 Å². The van der Waals surface area contributed by atoms with Crippen LogP contribution in [-0.4, -0.2) is 18.6 Å². The molecular formula is C14H18N2S. The van der Waals surface area contributed by atoms with Crippen LogP contribution in [0.2, 0.25) is 0 Å². The van der Waals surface area contributed by atoms with Crippen LogP contribution in [0.4, 0.5) is 0 Å². The smallest absolute Gasteiger partial charge is 0.0932 e. The van der Waals surface area contributed by atoms with Crippen LogP contribution in [0.15, 0.2) is 35.7 Å². The van der Waals surface area contributed by atoms with E-state index in [1.807, 2.05) is 13.1 Å². The van der Waals surface area contributed by atoms with Crippen molar-refractivity contribution in [1.29, 1.82) is 0 Å². The largest absolute Gasteiger partial charge is 0.320 e. The zero-order chi connectivity index (χ0) is 11.9. The van der Waals surface area contributed by atoms with Gasteiger partial charge in [-0.25, -0.2) is 4.98 Å². The maximum atomic E-state index is 4.68. The number of benzene rings is 1. The number of thiazole rings is 1. The average molecular weight is 246 g/mol. The first-order valence-corrected chi connectivity index (χ1v) is 6.92. The van der Waals surface area contributed by atoms with Crippen LogP contribution in [0.25, 0.3) is 11.3 Å². The first-order chi connectivity index (χ1) is 8.40. The second kappa shape index (κ2) is 6.52. The van der Waals surface area contributed by atoms with Crippen molar-refractivity contribution in [3.8, 4) is 11.3 Å². The lowest BCUT2D eigenvalue weighted by molar-refractivity contribution is 0.676. The molecule has 0 radical (unpaired) electrons. The third-order valence-corrected chi connectivity index (χ3v) is 3.60. The van der Waals surface area contributed by atoms with Gasteiger partial charge in [0.2, 0.25) is 0 Å². The molecule has 0 aliphatic carbocycles. The molecule has 1 N–H and O–H groups in total. The zero-order valence-corrected chi connectivity index (χ0v) is 11.0. The third-order valence-electron chi connectivity index (χ3n) is 2.69. The van der Waals surface area contributed by atoms with Gasteiger partial charge >= 0.3 is 0 Å². The molecule has 1 heterocycles. The van der Waals surface area contributed by atoms with Gasteiger partial charge in [0.05, 0.1) is 10.7 Å². The fraction of sp³-hybridized carbons (Fsp3) is 0.357. The van der Waals surface area contributed by atoms with Crippen LogP contribution < -0.4 is 5.32 Å². The van der Waals surface area contributed by atoms with Crippen LogP contribution >= 0.6 is 11.3 Å². The molecule has 1 aromatic carbocycles. The maximum Gasteiger partial charge on any atom is 0.0932 e. The van der Waals surface area contributed by atoms with Gasteiger partial charge < -0.3 is 5.32 Å². The monoisotopic (exact) mass is 246 g/mol. The Morgan fingerprint density at radius 2 is 2.00 bits per heavy atom. The summed E-state index contributed by atoms with van der Waals surface area (Å²) in [6, 6.07) is 10.4. The van der Waals surface area contributed by atoms with E-state index in [1.54, 1.807) is 11.3 Å². The van der Waals surface area contributed by atoms with Gasteiger partial charge in [0.15, 0.2) is 0 Å². The SMILES string of the molecule is CNCCCCc1nc(-c2ccccc2)cs1. The maximum absolute atomic E-state index is 4.68. The van der Waals surface area contributed by atoms with Crippen molar-refractivity contribution in [3.05, 3.63) is 40.7 Å². The minimum atomic E-state index is 1.09. The van der Waals surface area contributed by atoms with Gasteiger partial charge in [-0.2, -0.15) is 0 Å². The Kier molecular flexibility index (Phi) is 4.71. The molecule has 0 atom stereocenters. The first-order valence-electron chi connectivity index (χ1n) is 6.04. The van der Waals surface area contributed by atoms with E-state index in [0.717, 1.165) is 18.7 Å². The lowest BCUT2D eigenvalue weighted by atomic mass is 10.2. The molecule has 0 saturated carbocycles. The summed E-state index contributed by atoms with van der Waals surface area (Å²) < 4.78 is 0. The summed E-state index contributed by atoms with van der Waals surface area (Å²) in [6.45, 7) is 1.09. The van der Waals surface area contributed by atoms with Crippen LogP contribution in [0.1, 0.15) is 17.8 Å². The van der Waals surface area contributed by atoms with Gasteiger partial charge in [0.25, 0.3) is 0 Å². The molecule has 0 bridgehead atoms. The number of rotatable bonds is 6. The molecule has 0 unspecified atom stereocenters. The van der Waals surface area contributed by atoms with E-state index < -0.39 is 0 Å². The second-order valence-corrected chi connectivity index (χ2v) is 5.00. The van der Waals surface area contributed by atoms with Gasteiger partial charge in [-0.05, 0) is 32.9 Å². The number of nitrogens with one attached hydrogen (secondary N) is 1. The molecule has 2 nitrogen and oxygen atoms in total. The molecule has 0 fully saturated rings. The normalized spacial score (nSPS) is 10.6. The highest BCUT2D eigenvalue weighted by atomic mass is 32.1. The van der Waals surface area contributed by atoms with Crippen LogP contribution in [0.5, 0.6) is 0 Å². The van der Waals surface area contributed by atoms with E-state index in [-0.39, 0.29) is 0 Å². The van der Waals surface area contributed by atoms with Gasteiger partial charge in [0.1, 0.15) is 0 Å². The Labute approximate surface area is 107 Å². The molecular weight excluding hydrogens is 228 g/mol. The molecule has 2 rings (SSSR count). The van der Waals surface area contributed by atoms with E-state index >= 15 is 0 Å². The van der Waals surface area contributed by atoms with Crippen LogP contribution in [-0.2, 0) is 6.42 Å². The van der Waals surface area contributed by atoms with E-state index in [0.29, 0.717) is 0 Å². The first kappa shape index (κ1) is 12.3. The quantitative estimate of drug-likeness (QED) is 0.791. The topological polar surface area (TPSA) is 24.9 Å². The predicted molar refractivity (Wildman–Crippen MR) is 74.4 cm³/mol. The molecule has 3 heteroatoms. The molecule has 2 aromatic rings. The fourth-order valence-corrected chi connectivity index (χ4v) is 2.59. The predicted octanol–water partition coefficient (Wildman–Crippen LogP) is 3.35. The highest BCUT2D eigenvalue weighted by molar-refractivity contribution is 7.09. The summed E-state index contributed by atoms with van der Waals surface area (Å²) in [5.41, 5.74) is 2.32. The van der Waals surface area contributed by atoms with E-state index in [9.17, 15) is 0 Å². The molecule has 0 aliphatic rings. The number of unbranched alkanes of at least 4 members (excludes halogenated alkanes) is 1. The van der Waals surface area contributed by atoms with E-state index in [2.05, 4.69) is 39.9 Å². The molecule has 90 valence electrons. The number of aryl methyl sites for hydroxylation is 1. The minimum absolute atomic E-state index is 1.09. The Morgan fingerprint density at radius 1 is 1.18 bits per heavy atom. The highest BCUT2D eigenvalue weighted by Crippen LogP contribution is 2.22. The Balaban J connectivity index is 1.92. The summed E-state index contributed by atoms with van der Waals surface area (Å²) >= 11 is 1.77. The fourth-order valence-electron chi connectivity index (χ4n) is 1.75. The second-order valence-electron chi connectivity index (χ2n) is 4.05. The summed E-state index contributed by atoms with van der Waals surface area (Å²) in [6.07, 6.45) is 3.53. The van der Waals surface area contributed by atoms with Crippen LogP contribution in [0, 0.1) is 0 Å². The molecule has 0 aliphatic heterocycles. The van der Waals surface area contributed by atoms with Gasteiger partial charge in [-0.1, -0.05) is 30.3 Å². The number of hydrogen-bond acceptors (Lipinski definition) is 3. The molecule has 0 saturated heterocycles. The van der Waals surface area contributed by atoms with Gasteiger partial charge in [-0.3, -0.25) is 0 Å². The van der Waals surface area contributed by atoms with E-state index in [4.69, 9.17) is 0 Å². The van der Waals surface area contributed by atoms with Gasteiger partial charge in [-0.15, -0.1) is 11.3 Å². The summed E-state index contributed by atoms with van der Waals surface area (Å²) in [5.74, 6) is 0. The number of hydrogen-bond donors (Lipinski definition) is 1. The Morgan fingerprint density at radius 3 is 2.76 bits per heavy atom. The summed E-state index contributed by atoms with van der Waals surface area (Å²) in [4.78, 5) is 4.68. The minimum Gasteiger partial charge on any atom is -0.320 e. The average Bonchev–Trinajstić information content (AvgIpc) is 2.85. The number of nitrogens with zero attached hydrogens (tertiary/aromatic N) is 1. The lowest BCUT2D eigenvalue weighted by Crippen LogP contribution is -2.07. The van der Waals surface area contributed by atoms with Crippen molar-refractivity contribution in [1.82, 2.24) is 10.3 Å². The Hall–Kier alpha value is -1.19. The van der Waals surface area contributed by atoms with Crippen molar-refractivity contribution in [3.63, 3.8) is 0 Å². The molecule has 0 amide bonds.